The van der Waals surface area contributed by atoms with E-state index < -0.39 is 17.4 Å². The number of hydrogen-bond acceptors (Lipinski definition) is 3. The van der Waals surface area contributed by atoms with Crippen molar-refractivity contribution in [3.05, 3.63) is 65.7 Å². The lowest BCUT2D eigenvalue weighted by Gasteiger charge is -2.32. The van der Waals surface area contributed by atoms with E-state index in [0.717, 1.165) is 38.8 Å². The molecule has 0 bridgehead atoms. The van der Waals surface area contributed by atoms with Crippen LogP contribution in [-0.4, -0.2) is 29.3 Å². The maximum absolute atomic E-state index is 11.4. The topological polar surface area (TPSA) is 83.8 Å². The predicted molar refractivity (Wildman–Crippen MR) is 110 cm³/mol. The molecule has 148 valence electrons. The van der Waals surface area contributed by atoms with Crippen LogP contribution in [0.5, 0.6) is 5.75 Å². The van der Waals surface area contributed by atoms with E-state index >= 15 is 0 Å². The average Bonchev–Trinajstić information content (AvgIpc) is 2.98. The van der Waals surface area contributed by atoms with Gasteiger partial charge in [-0.25, -0.2) is 0 Å². The molecule has 2 N–H and O–H groups in total. The van der Waals surface area contributed by atoms with E-state index in [4.69, 9.17) is 4.74 Å². The van der Waals surface area contributed by atoms with Crippen molar-refractivity contribution in [2.45, 2.75) is 31.1 Å². The molecule has 0 spiro atoms. The molecule has 0 radical (unpaired) electrons. The minimum atomic E-state index is -0.885. The molecule has 0 fully saturated rings. The number of carboxylic acids is 2. The quantitative estimate of drug-likeness (QED) is 0.603. The van der Waals surface area contributed by atoms with Gasteiger partial charge in [0.25, 0.3) is 0 Å². The molecule has 3 aromatic rings. The van der Waals surface area contributed by atoms with E-state index in [9.17, 15) is 19.8 Å². The lowest BCUT2D eigenvalue weighted by molar-refractivity contribution is -0.137. The number of benzene rings is 3. The van der Waals surface area contributed by atoms with Crippen molar-refractivity contribution in [1.82, 2.24) is 0 Å². The van der Waals surface area contributed by atoms with Gasteiger partial charge in [-0.05, 0) is 70.1 Å². The molecular weight excluding hydrogens is 368 g/mol. The zero-order chi connectivity index (χ0) is 20.6. The van der Waals surface area contributed by atoms with Gasteiger partial charge in [0.05, 0.1) is 7.11 Å². The van der Waals surface area contributed by atoms with Gasteiger partial charge >= 0.3 is 11.9 Å². The Morgan fingerprint density at radius 3 is 2.00 bits per heavy atom. The molecule has 0 unspecified atom stereocenters. The summed E-state index contributed by atoms with van der Waals surface area (Å²) < 4.78 is 5.42. The summed E-state index contributed by atoms with van der Waals surface area (Å²) in [5.41, 5.74) is 3.33. The summed E-state index contributed by atoms with van der Waals surface area (Å²) in [4.78, 5) is 22.9. The smallest absolute Gasteiger partial charge is 0.303 e. The van der Waals surface area contributed by atoms with Gasteiger partial charge in [-0.15, -0.1) is 0 Å². The number of fused-ring (bicyclic) bond motifs is 4. The number of ether oxygens (including phenoxy) is 1. The summed E-state index contributed by atoms with van der Waals surface area (Å²) in [5.74, 6) is -1.05. The van der Waals surface area contributed by atoms with Crippen LogP contribution in [0.15, 0.2) is 54.6 Å². The van der Waals surface area contributed by atoms with Crippen LogP contribution in [0.1, 0.15) is 36.8 Å². The second kappa shape index (κ2) is 7.24. The Morgan fingerprint density at radius 2 is 1.41 bits per heavy atom. The van der Waals surface area contributed by atoms with E-state index in [-0.39, 0.29) is 12.8 Å². The molecule has 0 aliphatic heterocycles. The van der Waals surface area contributed by atoms with E-state index in [2.05, 4.69) is 12.1 Å². The first kappa shape index (κ1) is 19.0. The summed E-state index contributed by atoms with van der Waals surface area (Å²) in [6.07, 6.45) is 0.634. The molecule has 0 atom stereocenters. The van der Waals surface area contributed by atoms with Crippen LogP contribution in [-0.2, 0) is 15.0 Å². The van der Waals surface area contributed by atoms with Gasteiger partial charge in [0.15, 0.2) is 0 Å². The standard InChI is InChI=1S/C24H22O5/c1-29-17-6-7-20-19(14-17)18-12-15-4-2-3-5-16(15)13-21(18)24(20,10-8-22(25)26)11-9-23(27)28/h2-7,12-14H,8-11H2,1H3,(H,25,26)(H,27,28). The molecule has 5 heteroatoms. The van der Waals surface area contributed by atoms with Crippen molar-refractivity contribution in [2.24, 2.45) is 0 Å². The van der Waals surface area contributed by atoms with Crippen LogP contribution in [0.25, 0.3) is 21.9 Å². The number of aliphatic carboxylic acids is 2. The molecule has 4 rings (SSSR count). The summed E-state index contributed by atoms with van der Waals surface area (Å²) in [6, 6.07) is 18.0. The Kier molecular flexibility index (Phi) is 4.74. The van der Waals surface area contributed by atoms with Gasteiger partial charge in [-0.3, -0.25) is 9.59 Å². The van der Waals surface area contributed by atoms with E-state index in [1.807, 2.05) is 42.5 Å². The molecule has 5 nitrogen and oxygen atoms in total. The van der Waals surface area contributed by atoms with Gasteiger partial charge in [0, 0.05) is 18.3 Å². The highest BCUT2D eigenvalue weighted by Crippen LogP contribution is 2.55. The molecule has 0 aromatic heterocycles. The molecule has 29 heavy (non-hydrogen) atoms. The Morgan fingerprint density at radius 1 is 0.828 bits per heavy atom. The summed E-state index contributed by atoms with van der Waals surface area (Å²) in [6.45, 7) is 0. The van der Waals surface area contributed by atoms with E-state index in [0.29, 0.717) is 12.8 Å². The minimum absolute atomic E-state index is 0.0304. The van der Waals surface area contributed by atoms with Crippen molar-refractivity contribution >= 4 is 22.7 Å². The minimum Gasteiger partial charge on any atom is -0.497 e. The Bertz CT molecular complexity index is 1100. The number of carbonyl (C=O) groups is 2. The molecular formula is C24H22O5. The van der Waals surface area contributed by atoms with Crippen molar-refractivity contribution in [3.8, 4) is 16.9 Å². The van der Waals surface area contributed by atoms with Gasteiger partial charge in [-0.1, -0.05) is 30.3 Å². The Hall–Kier alpha value is -3.34. The zero-order valence-corrected chi connectivity index (χ0v) is 16.1. The largest absolute Gasteiger partial charge is 0.497 e. The van der Waals surface area contributed by atoms with Crippen LogP contribution < -0.4 is 4.74 Å². The Balaban J connectivity index is 2.00. The van der Waals surface area contributed by atoms with Crippen molar-refractivity contribution in [2.75, 3.05) is 7.11 Å². The monoisotopic (exact) mass is 390 g/mol. The predicted octanol–water partition coefficient (Wildman–Crippen LogP) is 4.84. The highest BCUT2D eigenvalue weighted by Gasteiger charge is 2.43. The number of methoxy groups -OCH3 is 1. The van der Waals surface area contributed by atoms with Crippen LogP contribution in [0.4, 0.5) is 0 Å². The SMILES string of the molecule is COc1ccc2c(c1)-c1cc3ccccc3cc1C2(CCC(=O)O)CCC(=O)O. The maximum atomic E-state index is 11.4. The lowest BCUT2D eigenvalue weighted by atomic mass is 9.71. The van der Waals surface area contributed by atoms with Crippen LogP contribution in [0.3, 0.4) is 0 Å². The number of rotatable bonds is 7. The molecule has 1 aliphatic carbocycles. The van der Waals surface area contributed by atoms with Crippen molar-refractivity contribution in [3.63, 3.8) is 0 Å². The van der Waals surface area contributed by atoms with Crippen LogP contribution in [0, 0.1) is 0 Å². The first-order chi connectivity index (χ1) is 13.9. The second-order valence-corrected chi connectivity index (χ2v) is 7.53. The highest BCUT2D eigenvalue weighted by atomic mass is 16.5. The lowest BCUT2D eigenvalue weighted by Crippen LogP contribution is -2.27. The summed E-state index contributed by atoms with van der Waals surface area (Å²) >= 11 is 0. The normalized spacial score (nSPS) is 13.7. The number of carboxylic acid groups (broad SMARTS) is 2. The van der Waals surface area contributed by atoms with Crippen LogP contribution in [0.2, 0.25) is 0 Å². The van der Waals surface area contributed by atoms with Crippen LogP contribution >= 0.6 is 0 Å². The first-order valence-electron chi connectivity index (χ1n) is 9.60. The highest BCUT2D eigenvalue weighted by molar-refractivity contribution is 5.94. The zero-order valence-electron chi connectivity index (χ0n) is 16.1. The maximum Gasteiger partial charge on any atom is 0.303 e. The molecule has 0 heterocycles. The second-order valence-electron chi connectivity index (χ2n) is 7.53. The molecule has 0 saturated heterocycles. The fourth-order valence-corrected chi connectivity index (χ4v) is 4.60. The van der Waals surface area contributed by atoms with Crippen molar-refractivity contribution in [1.29, 1.82) is 0 Å². The van der Waals surface area contributed by atoms with Crippen molar-refractivity contribution < 1.29 is 24.5 Å². The molecule has 3 aromatic carbocycles. The molecule has 0 amide bonds. The fourth-order valence-electron chi connectivity index (χ4n) is 4.60. The van der Waals surface area contributed by atoms with Gasteiger partial charge in [0.2, 0.25) is 0 Å². The van der Waals surface area contributed by atoms with Gasteiger partial charge in [-0.2, -0.15) is 0 Å². The average molecular weight is 390 g/mol. The van der Waals surface area contributed by atoms with Gasteiger partial charge < -0.3 is 14.9 Å². The van der Waals surface area contributed by atoms with E-state index in [1.165, 1.54) is 0 Å². The fraction of sp³-hybridized carbons (Fsp3) is 0.250. The number of hydrogen-bond donors (Lipinski definition) is 2. The van der Waals surface area contributed by atoms with E-state index in [1.54, 1.807) is 7.11 Å². The third-order valence-corrected chi connectivity index (χ3v) is 5.97. The third kappa shape index (κ3) is 3.23. The van der Waals surface area contributed by atoms with Gasteiger partial charge in [0.1, 0.15) is 5.75 Å². The summed E-state index contributed by atoms with van der Waals surface area (Å²) in [7, 11) is 1.61. The molecule has 1 aliphatic rings. The summed E-state index contributed by atoms with van der Waals surface area (Å²) in [5, 5.41) is 20.9. The molecule has 0 saturated carbocycles. The Labute approximate surface area is 168 Å². The third-order valence-electron chi connectivity index (χ3n) is 5.97. The first-order valence-corrected chi connectivity index (χ1v) is 9.60.